The second kappa shape index (κ2) is 13.3. The van der Waals surface area contributed by atoms with Gasteiger partial charge in [-0.25, -0.2) is 4.79 Å². The van der Waals surface area contributed by atoms with E-state index in [9.17, 15) is 9.59 Å². The second-order valence-electron chi connectivity index (χ2n) is 8.89. The summed E-state index contributed by atoms with van der Waals surface area (Å²) in [6, 6.07) is 0.246. The van der Waals surface area contributed by atoms with Gasteiger partial charge in [0.25, 0.3) is 0 Å². The fourth-order valence-electron chi connectivity index (χ4n) is 3.63. The van der Waals surface area contributed by atoms with Gasteiger partial charge in [0.2, 0.25) is 5.91 Å². The van der Waals surface area contributed by atoms with Gasteiger partial charge in [-0.3, -0.25) is 14.7 Å². The van der Waals surface area contributed by atoms with Gasteiger partial charge in [-0.2, -0.15) is 0 Å². The molecule has 180 valence electrons. The largest absolute Gasteiger partial charge is 0.444 e. The van der Waals surface area contributed by atoms with Crippen LogP contribution in [0.5, 0.6) is 0 Å². The number of hydrogen-bond donors (Lipinski definition) is 2. The molecule has 1 atom stereocenters. The number of piperazine rings is 1. The molecule has 9 nitrogen and oxygen atoms in total. The molecule has 0 aromatic carbocycles. The lowest BCUT2D eigenvalue weighted by Gasteiger charge is -2.35. The maximum Gasteiger partial charge on any atom is 0.410 e. The summed E-state index contributed by atoms with van der Waals surface area (Å²) in [5.41, 5.74) is -0.460. The van der Waals surface area contributed by atoms with Gasteiger partial charge in [-0.15, -0.1) is 24.0 Å². The van der Waals surface area contributed by atoms with Gasteiger partial charge < -0.3 is 25.2 Å². The number of carbonyl (C=O) groups excluding carboxylic acids is 2. The lowest BCUT2D eigenvalue weighted by Crippen LogP contribution is -2.50. The van der Waals surface area contributed by atoms with Crippen LogP contribution in [0.3, 0.4) is 0 Å². The molecule has 2 amide bonds. The van der Waals surface area contributed by atoms with Crippen LogP contribution < -0.4 is 10.6 Å². The number of ether oxygens (including phenoxy) is 1. The van der Waals surface area contributed by atoms with E-state index >= 15 is 0 Å². The van der Waals surface area contributed by atoms with Crippen molar-refractivity contribution in [3.05, 3.63) is 0 Å². The summed E-state index contributed by atoms with van der Waals surface area (Å²) in [7, 11) is 0. The summed E-state index contributed by atoms with van der Waals surface area (Å²) in [6.07, 6.45) is 1.27. The number of likely N-dealkylation sites (tertiary alicyclic amines) is 1. The highest BCUT2D eigenvalue weighted by Gasteiger charge is 2.27. The maximum absolute atomic E-state index is 12.2. The van der Waals surface area contributed by atoms with Gasteiger partial charge in [-0.1, -0.05) is 6.92 Å². The topological polar surface area (TPSA) is 89.5 Å². The van der Waals surface area contributed by atoms with Crippen molar-refractivity contribution in [1.82, 2.24) is 25.3 Å². The van der Waals surface area contributed by atoms with Gasteiger partial charge in [0.05, 0.1) is 6.54 Å². The van der Waals surface area contributed by atoms with Crippen LogP contribution in [0.4, 0.5) is 4.79 Å². The molecule has 2 fully saturated rings. The molecule has 0 aromatic heterocycles. The van der Waals surface area contributed by atoms with Crippen molar-refractivity contribution in [2.45, 2.75) is 59.1 Å². The Morgan fingerprint density at radius 1 is 1.06 bits per heavy atom. The highest BCUT2D eigenvalue weighted by atomic mass is 127. The van der Waals surface area contributed by atoms with Crippen molar-refractivity contribution in [3.8, 4) is 0 Å². The number of halogens is 1. The molecule has 2 heterocycles. The van der Waals surface area contributed by atoms with Crippen molar-refractivity contribution < 1.29 is 14.3 Å². The van der Waals surface area contributed by atoms with E-state index in [0.29, 0.717) is 26.1 Å². The molecular weight excluding hydrogens is 511 g/mol. The SMILES string of the molecule is CCNC(=NCCN1CCN(C(=O)OC(C)(C)C)CC1)NC1CCN(C(=O)CC)C1.I. The van der Waals surface area contributed by atoms with Crippen molar-refractivity contribution >= 4 is 41.9 Å². The van der Waals surface area contributed by atoms with Crippen LogP contribution in [0.25, 0.3) is 0 Å². The van der Waals surface area contributed by atoms with E-state index in [1.165, 1.54) is 0 Å². The smallest absolute Gasteiger partial charge is 0.410 e. The Labute approximate surface area is 204 Å². The van der Waals surface area contributed by atoms with Crippen molar-refractivity contribution in [1.29, 1.82) is 0 Å². The zero-order chi connectivity index (χ0) is 22.1. The standard InChI is InChI=1S/C21H40N6O3.HI/c1-6-18(28)27-10-8-17(16-27)24-19(22-7-2)23-9-11-25-12-14-26(15-13-25)20(29)30-21(3,4)5;/h17H,6-16H2,1-5H3,(H2,22,23,24);1H. The molecule has 0 spiro atoms. The van der Waals surface area contributed by atoms with E-state index in [-0.39, 0.29) is 42.0 Å². The van der Waals surface area contributed by atoms with Crippen molar-refractivity contribution in [2.24, 2.45) is 4.99 Å². The monoisotopic (exact) mass is 552 g/mol. The molecule has 0 bridgehead atoms. The average molecular weight is 553 g/mol. The van der Waals surface area contributed by atoms with Crippen LogP contribution in [0.2, 0.25) is 0 Å². The van der Waals surface area contributed by atoms with Crippen LogP contribution in [-0.2, 0) is 9.53 Å². The first-order chi connectivity index (χ1) is 14.2. The molecule has 2 saturated heterocycles. The van der Waals surface area contributed by atoms with E-state index in [2.05, 4.69) is 22.5 Å². The lowest BCUT2D eigenvalue weighted by molar-refractivity contribution is -0.129. The molecule has 10 heteroatoms. The van der Waals surface area contributed by atoms with E-state index in [4.69, 9.17) is 9.73 Å². The van der Waals surface area contributed by atoms with Crippen molar-refractivity contribution in [3.63, 3.8) is 0 Å². The Morgan fingerprint density at radius 2 is 1.74 bits per heavy atom. The Morgan fingerprint density at radius 3 is 2.32 bits per heavy atom. The first-order valence-electron chi connectivity index (χ1n) is 11.2. The summed E-state index contributed by atoms with van der Waals surface area (Å²) < 4.78 is 5.45. The molecule has 2 aliphatic rings. The summed E-state index contributed by atoms with van der Waals surface area (Å²) in [4.78, 5) is 34.8. The number of aliphatic imine (C=N–C) groups is 1. The lowest BCUT2D eigenvalue weighted by atomic mass is 10.2. The molecular formula is C21H41IN6O3. The van der Waals surface area contributed by atoms with E-state index in [0.717, 1.165) is 51.6 Å². The summed E-state index contributed by atoms with van der Waals surface area (Å²) in [6.45, 7) is 16.5. The van der Waals surface area contributed by atoms with Crippen molar-refractivity contribution in [2.75, 3.05) is 58.9 Å². The second-order valence-corrected chi connectivity index (χ2v) is 8.89. The summed E-state index contributed by atoms with van der Waals surface area (Å²) >= 11 is 0. The highest BCUT2D eigenvalue weighted by molar-refractivity contribution is 14.0. The summed E-state index contributed by atoms with van der Waals surface area (Å²) in [5.74, 6) is 1.02. The zero-order valence-corrected chi connectivity index (χ0v) is 22.1. The Bertz CT molecular complexity index is 602. The van der Waals surface area contributed by atoms with E-state index in [1.807, 2.05) is 32.6 Å². The number of nitrogens with one attached hydrogen (secondary N) is 2. The molecule has 0 aliphatic carbocycles. The highest BCUT2D eigenvalue weighted by Crippen LogP contribution is 2.12. The summed E-state index contributed by atoms with van der Waals surface area (Å²) in [5, 5.41) is 6.76. The van der Waals surface area contributed by atoms with Crippen LogP contribution in [0.15, 0.2) is 4.99 Å². The number of nitrogens with zero attached hydrogens (tertiary/aromatic N) is 4. The van der Waals surface area contributed by atoms with Gasteiger partial charge >= 0.3 is 6.09 Å². The Balaban J connectivity index is 0.00000480. The third-order valence-corrected chi connectivity index (χ3v) is 5.24. The number of rotatable bonds is 6. The number of hydrogen-bond acceptors (Lipinski definition) is 5. The molecule has 2 rings (SSSR count). The molecule has 0 radical (unpaired) electrons. The minimum absolute atomic E-state index is 0. The van der Waals surface area contributed by atoms with Gasteiger partial charge in [0, 0.05) is 64.8 Å². The van der Waals surface area contributed by atoms with Crippen LogP contribution in [0, 0.1) is 0 Å². The third-order valence-electron chi connectivity index (χ3n) is 5.24. The van der Waals surface area contributed by atoms with E-state index in [1.54, 1.807) is 4.90 Å². The fourth-order valence-corrected chi connectivity index (χ4v) is 3.63. The van der Waals surface area contributed by atoms with Crippen LogP contribution in [0.1, 0.15) is 47.5 Å². The first-order valence-corrected chi connectivity index (χ1v) is 11.2. The zero-order valence-electron chi connectivity index (χ0n) is 19.8. The normalized spacial score (nSPS) is 20.3. The Hall–Kier alpha value is -1.30. The van der Waals surface area contributed by atoms with Crippen LogP contribution in [-0.4, -0.2) is 103 Å². The number of amides is 2. The van der Waals surface area contributed by atoms with Crippen LogP contribution >= 0.6 is 24.0 Å². The third kappa shape index (κ3) is 9.80. The average Bonchev–Trinajstić information content (AvgIpc) is 3.15. The Kier molecular flexibility index (Phi) is 11.9. The van der Waals surface area contributed by atoms with Gasteiger partial charge in [0.15, 0.2) is 5.96 Å². The minimum atomic E-state index is -0.460. The molecule has 2 aliphatic heterocycles. The first kappa shape index (κ1) is 27.7. The predicted octanol–water partition coefficient (Wildman–Crippen LogP) is 1.72. The predicted molar refractivity (Wildman–Crippen MR) is 134 cm³/mol. The fraction of sp³-hybridized carbons (Fsp3) is 0.857. The molecule has 0 saturated carbocycles. The molecule has 31 heavy (non-hydrogen) atoms. The minimum Gasteiger partial charge on any atom is -0.444 e. The van der Waals surface area contributed by atoms with Gasteiger partial charge in [0.1, 0.15) is 5.60 Å². The quantitative estimate of drug-likeness (QED) is 0.297. The van der Waals surface area contributed by atoms with E-state index < -0.39 is 5.60 Å². The maximum atomic E-state index is 12.2. The number of guanidine groups is 1. The molecule has 1 unspecified atom stereocenters. The molecule has 2 N–H and O–H groups in total. The number of carbonyl (C=O) groups is 2. The molecule has 0 aromatic rings. The van der Waals surface area contributed by atoms with Gasteiger partial charge in [-0.05, 0) is 34.1 Å².